The number of halogens is 2. The second-order valence-electron chi connectivity index (χ2n) is 4.05. The van der Waals surface area contributed by atoms with Crippen molar-refractivity contribution in [1.82, 2.24) is 0 Å². The predicted octanol–water partition coefficient (Wildman–Crippen LogP) is 3.29. The standard InChI is InChI=1S/C12H12BrFO2/c13-9-6-2-4-7-3-1-5-8(10(7)9)11(14)12(15)16/h2,4,6,8,11H,1,3,5H2,(H,15,16). The number of carboxylic acid groups (broad SMARTS) is 1. The minimum atomic E-state index is -1.81. The number of carboxylic acids is 1. The highest BCUT2D eigenvalue weighted by molar-refractivity contribution is 9.10. The maximum Gasteiger partial charge on any atom is 0.338 e. The number of rotatable bonds is 2. The molecular formula is C12H12BrFO2. The van der Waals surface area contributed by atoms with Gasteiger partial charge < -0.3 is 5.11 Å². The van der Waals surface area contributed by atoms with Gasteiger partial charge in [-0.25, -0.2) is 9.18 Å². The molecule has 1 aliphatic carbocycles. The summed E-state index contributed by atoms with van der Waals surface area (Å²) in [5.74, 6) is -1.88. The van der Waals surface area contributed by atoms with Crippen LogP contribution >= 0.6 is 15.9 Å². The van der Waals surface area contributed by atoms with Crippen molar-refractivity contribution in [3.8, 4) is 0 Å². The van der Waals surface area contributed by atoms with E-state index in [-0.39, 0.29) is 0 Å². The lowest BCUT2D eigenvalue weighted by atomic mass is 9.80. The molecule has 0 aliphatic heterocycles. The molecule has 2 unspecified atom stereocenters. The van der Waals surface area contributed by atoms with Crippen LogP contribution in [0.4, 0.5) is 4.39 Å². The molecule has 0 saturated carbocycles. The van der Waals surface area contributed by atoms with E-state index in [0.29, 0.717) is 6.42 Å². The van der Waals surface area contributed by atoms with Crippen molar-refractivity contribution >= 4 is 21.9 Å². The van der Waals surface area contributed by atoms with E-state index in [1.54, 1.807) is 0 Å². The molecule has 86 valence electrons. The van der Waals surface area contributed by atoms with Crippen LogP contribution in [-0.2, 0) is 11.2 Å². The van der Waals surface area contributed by atoms with Crippen molar-refractivity contribution in [1.29, 1.82) is 0 Å². The van der Waals surface area contributed by atoms with Crippen LogP contribution in [0.25, 0.3) is 0 Å². The molecule has 4 heteroatoms. The summed E-state index contributed by atoms with van der Waals surface area (Å²) in [5.41, 5.74) is 1.90. The number of fused-ring (bicyclic) bond motifs is 1. The lowest BCUT2D eigenvalue weighted by molar-refractivity contribution is -0.143. The van der Waals surface area contributed by atoms with Gasteiger partial charge in [-0.1, -0.05) is 28.1 Å². The van der Waals surface area contributed by atoms with E-state index in [0.717, 1.165) is 28.4 Å². The topological polar surface area (TPSA) is 37.3 Å². The number of carbonyl (C=O) groups is 1. The molecule has 0 heterocycles. The highest BCUT2D eigenvalue weighted by Crippen LogP contribution is 2.39. The van der Waals surface area contributed by atoms with Crippen LogP contribution in [0.15, 0.2) is 22.7 Å². The zero-order chi connectivity index (χ0) is 11.7. The fourth-order valence-corrected chi connectivity index (χ4v) is 3.04. The van der Waals surface area contributed by atoms with Gasteiger partial charge in [0.05, 0.1) is 0 Å². The van der Waals surface area contributed by atoms with Gasteiger partial charge in [0, 0.05) is 10.4 Å². The van der Waals surface area contributed by atoms with E-state index in [1.165, 1.54) is 0 Å². The second-order valence-corrected chi connectivity index (χ2v) is 4.91. The number of aryl methyl sites for hydroxylation is 1. The molecule has 0 spiro atoms. The van der Waals surface area contributed by atoms with Gasteiger partial charge in [0.2, 0.25) is 6.17 Å². The first-order valence-corrected chi connectivity index (χ1v) is 6.04. The Bertz CT molecular complexity index is 419. The summed E-state index contributed by atoms with van der Waals surface area (Å²) in [7, 11) is 0. The molecule has 2 atom stereocenters. The van der Waals surface area contributed by atoms with E-state index in [1.807, 2.05) is 18.2 Å². The van der Waals surface area contributed by atoms with Gasteiger partial charge in [-0.3, -0.25) is 0 Å². The summed E-state index contributed by atoms with van der Waals surface area (Å²) in [5, 5.41) is 8.76. The molecule has 0 radical (unpaired) electrons. The van der Waals surface area contributed by atoms with Crippen molar-refractivity contribution in [3.05, 3.63) is 33.8 Å². The Kier molecular flexibility index (Phi) is 3.28. The Balaban J connectivity index is 2.43. The highest BCUT2D eigenvalue weighted by Gasteiger charge is 2.33. The summed E-state index contributed by atoms with van der Waals surface area (Å²) in [6.45, 7) is 0. The highest BCUT2D eigenvalue weighted by atomic mass is 79.9. The molecule has 0 bridgehead atoms. The van der Waals surface area contributed by atoms with Crippen molar-refractivity contribution < 1.29 is 14.3 Å². The largest absolute Gasteiger partial charge is 0.479 e. The molecule has 2 rings (SSSR count). The maximum absolute atomic E-state index is 13.6. The van der Waals surface area contributed by atoms with Gasteiger partial charge in [-0.2, -0.15) is 0 Å². The van der Waals surface area contributed by atoms with Crippen molar-refractivity contribution in [2.24, 2.45) is 0 Å². The van der Waals surface area contributed by atoms with E-state index in [4.69, 9.17) is 5.11 Å². The quantitative estimate of drug-likeness (QED) is 0.906. The fraction of sp³-hybridized carbons (Fsp3) is 0.417. The molecule has 1 aromatic rings. The summed E-state index contributed by atoms with van der Waals surface area (Å²) >= 11 is 3.38. The molecule has 1 aromatic carbocycles. The SMILES string of the molecule is O=C(O)C(F)C1CCCc2cccc(Br)c21. The summed E-state index contributed by atoms with van der Waals surface area (Å²) < 4.78 is 14.5. The van der Waals surface area contributed by atoms with Crippen LogP contribution in [0.1, 0.15) is 29.9 Å². The van der Waals surface area contributed by atoms with Crippen molar-refractivity contribution in [2.75, 3.05) is 0 Å². The fourth-order valence-electron chi connectivity index (χ4n) is 2.34. The second kappa shape index (κ2) is 4.53. The number of hydrogen-bond donors (Lipinski definition) is 1. The van der Waals surface area contributed by atoms with E-state index in [2.05, 4.69) is 15.9 Å². The normalized spacial score (nSPS) is 21.2. The maximum atomic E-state index is 13.6. The smallest absolute Gasteiger partial charge is 0.338 e. The molecule has 2 nitrogen and oxygen atoms in total. The Morgan fingerprint density at radius 1 is 1.56 bits per heavy atom. The Morgan fingerprint density at radius 2 is 2.31 bits per heavy atom. The third-order valence-corrected chi connectivity index (χ3v) is 3.76. The molecule has 1 N–H and O–H groups in total. The monoisotopic (exact) mass is 286 g/mol. The molecule has 0 amide bonds. The molecular weight excluding hydrogens is 275 g/mol. The average molecular weight is 287 g/mol. The zero-order valence-electron chi connectivity index (χ0n) is 8.62. The summed E-state index contributed by atoms with van der Waals surface area (Å²) in [6, 6.07) is 5.69. The lowest BCUT2D eigenvalue weighted by Crippen LogP contribution is -2.27. The Hall–Kier alpha value is -0.900. The van der Waals surface area contributed by atoms with Gasteiger partial charge in [-0.15, -0.1) is 0 Å². The van der Waals surface area contributed by atoms with Gasteiger partial charge in [-0.05, 0) is 36.5 Å². The van der Waals surface area contributed by atoms with Crippen LogP contribution in [0.2, 0.25) is 0 Å². The molecule has 0 aromatic heterocycles. The predicted molar refractivity (Wildman–Crippen MR) is 62.4 cm³/mol. The first kappa shape index (κ1) is 11.6. The van der Waals surface area contributed by atoms with Crippen LogP contribution in [0.5, 0.6) is 0 Å². The lowest BCUT2D eigenvalue weighted by Gasteiger charge is -2.27. The van der Waals surface area contributed by atoms with Crippen LogP contribution in [0.3, 0.4) is 0 Å². The van der Waals surface area contributed by atoms with Crippen LogP contribution < -0.4 is 0 Å². The molecule has 16 heavy (non-hydrogen) atoms. The average Bonchev–Trinajstić information content (AvgIpc) is 2.27. The van der Waals surface area contributed by atoms with Crippen LogP contribution in [0, 0.1) is 0 Å². The van der Waals surface area contributed by atoms with Gasteiger partial charge in [0.25, 0.3) is 0 Å². The molecule has 1 aliphatic rings. The van der Waals surface area contributed by atoms with Crippen LogP contribution in [-0.4, -0.2) is 17.2 Å². The Morgan fingerprint density at radius 3 is 3.00 bits per heavy atom. The Labute approximate surface area is 102 Å². The molecule has 0 saturated heterocycles. The van der Waals surface area contributed by atoms with E-state index >= 15 is 0 Å². The number of aliphatic carboxylic acids is 1. The van der Waals surface area contributed by atoms with E-state index < -0.39 is 18.1 Å². The van der Waals surface area contributed by atoms with Gasteiger partial charge in [0.15, 0.2) is 0 Å². The van der Waals surface area contributed by atoms with E-state index in [9.17, 15) is 9.18 Å². The van der Waals surface area contributed by atoms with Gasteiger partial charge >= 0.3 is 5.97 Å². The minimum Gasteiger partial charge on any atom is -0.479 e. The minimum absolute atomic E-state index is 0.517. The number of alkyl halides is 1. The third-order valence-electron chi connectivity index (χ3n) is 3.06. The summed E-state index contributed by atoms with van der Waals surface area (Å²) in [6.07, 6.45) is 0.542. The zero-order valence-corrected chi connectivity index (χ0v) is 10.2. The first-order chi connectivity index (χ1) is 7.61. The van der Waals surface area contributed by atoms with Crippen molar-refractivity contribution in [3.63, 3.8) is 0 Å². The molecule has 0 fully saturated rings. The number of hydrogen-bond acceptors (Lipinski definition) is 1. The number of benzene rings is 1. The third kappa shape index (κ3) is 1.98. The summed E-state index contributed by atoms with van der Waals surface area (Å²) in [4.78, 5) is 10.7. The first-order valence-electron chi connectivity index (χ1n) is 5.25. The van der Waals surface area contributed by atoms with Gasteiger partial charge in [0.1, 0.15) is 0 Å². The van der Waals surface area contributed by atoms with Crippen molar-refractivity contribution in [2.45, 2.75) is 31.4 Å².